The second-order valence-corrected chi connectivity index (χ2v) is 5.94. The summed E-state index contributed by atoms with van der Waals surface area (Å²) in [6.45, 7) is 0.108. The number of sulfonamides is 1. The van der Waals surface area contributed by atoms with Crippen molar-refractivity contribution in [1.82, 2.24) is 4.72 Å². The molecular weight excluding hydrogens is 294 g/mol. The predicted octanol–water partition coefficient (Wildman–Crippen LogP) is 0.0129. The molecule has 0 saturated heterocycles. The summed E-state index contributed by atoms with van der Waals surface area (Å²) in [4.78, 5) is 10.9. The minimum atomic E-state index is -3.70. The van der Waals surface area contributed by atoms with Crippen LogP contribution in [0.2, 0.25) is 0 Å². The van der Waals surface area contributed by atoms with E-state index in [9.17, 15) is 13.2 Å². The van der Waals surface area contributed by atoms with E-state index in [1.807, 2.05) is 0 Å². The monoisotopic (exact) mass is 311 g/mol. The van der Waals surface area contributed by atoms with Gasteiger partial charge in [0.1, 0.15) is 0 Å². The fourth-order valence-electron chi connectivity index (χ4n) is 1.38. The molecule has 7 heteroatoms. The Labute approximate surface area is 124 Å². The number of esters is 1. The number of carbonyl (C=O) groups excluding carboxylic acids is 1. The Morgan fingerprint density at radius 2 is 2.00 bits per heavy atom. The van der Waals surface area contributed by atoms with Crippen molar-refractivity contribution in [2.45, 2.75) is 13.0 Å². The molecule has 21 heavy (non-hydrogen) atoms. The van der Waals surface area contributed by atoms with Crippen LogP contribution in [-0.2, 0) is 26.1 Å². The van der Waals surface area contributed by atoms with Crippen molar-refractivity contribution in [2.24, 2.45) is 0 Å². The van der Waals surface area contributed by atoms with Crippen molar-refractivity contribution in [3.8, 4) is 11.8 Å². The number of methoxy groups -OCH3 is 1. The highest BCUT2D eigenvalue weighted by Gasteiger charge is 2.16. The summed E-state index contributed by atoms with van der Waals surface area (Å²) in [5, 5.41) is 8.61. The number of ether oxygens (including phenoxy) is 1. The summed E-state index contributed by atoms with van der Waals surface area (Å²) in [5.74, 6) is 4.15. The Kier molecular flexibility index (Phi) is 6.88. The lowest BCUT2D eigenvalue weighted by Gasteiger charge is -2.05. The van der Waals surface area contributed by atoms with Crippen LogP contribution in [0.5, 0.6) is 0 Å². The quantitative estimate of drug-likeness (QED) is 0.570. The first-order valence-electron chi connectivity index (χ1n) is 6.19. The number of aliphatic hydroxyl groups is 1. The van der Waals surface area contributed by atoms with Crippen molar-refractivity contribution in [1.29, 1.82) is 0 Å². The molecule has 6 nitrogen and oxygen atoms in total. The van der Waals surface area contributed by atoms with Gasteiger partial charge in [-0.2, -0.15) is 0 Å². The van der Waals surface area contributed by atoms with Gasteiger partial charge in [0.25, 0.3) is 0 Å². The molecule has 0 aliphatic heterocycles. The molecule has 0 saturated carbocycles. The molecule has 1 rings (SSSR count). The van der Waals surface area contributed by atoms with Crippen molar-refractivity contribution < 1.29 is 23.1 Å². The highest BCUT2D eigenvalue weighted by atomic mass is 32.2. The number of nitrogens with one attached hydrogen (secondary N) is 1. The zero-order valence-electron chi connectivity index (χ0n) is 11.6. The van der Waals surface area contributed by atoms with Crippen molar-refractivity contribution >= 4 is 16.0 Å². The third kappa shape index (κ3) is 6.90. The predicted molar refractivity (Wildman–Crippen MR) is 77.7 cm³/mol. The Balaban J connectivity index is 2.57. The van der Waals surface area contributed by atoms with Crippen LogP contribution >= 0.6 is 0 Å². The maximum atomic E-state index is 11.6. The molecular formula is C14H17NO5S. The zero-order chi connectivity index (χ0) is 15.7. The van der Waals surface area contributed by atoms with E-state index in [-0.39, 0.29) is 13.2 Å². The van der Waals surface area contributed by atoms with E-state index in [1.54, 1.807) is 24.3 Å². The van der Waals surface area contributed by atoms with Crippen LogP contribution in [0.3, 0.4) is 0 Å². The van der Waals surface area contributed by atoms with Crippen molar-refractivity contribution in [3.05, 3.63) is 35.4 Å². The van der Waals surface area contributed by atoms with E-state index in [0.717, 1.165) is 18.2 Å². The van der Waals surface area contributed by atoms with Crippen LogP contribution in [0.25, 0.3) is 0 Å². The highest BCUT2D eigenvalue weighted by molar-refractivity contribution is 7.90. The van der Waals surface area contributed by atoms with Gasteiger partial charge in [-0.3, -0.25) is 4.79 Å². The summed E-state index contributed by atoms with van der Waals surface area (Å²) >= 11 is 0. The lowest BCUT2D eigenvalue weighted by molar-refractivity contribution is -0.137. The average Bonchev–Trinajstić information content (AvgIpc) is 2.46. The van der Waals surface area contributed by atoms with Gasteiger partial charge in [0.2, 0.25) is 10.0 Å². The SMILES string of the molecule is COC(=O)CS(=O)(=O)NCc1ccc(C#CCCO)cc1. The smallest absolute Gasteiger partial charge is 0.322 e. The van der Waals surface area contributed by atoms with E-state index < -0.39 is 21.7 Å². The summed E-state index contributed by atoms with van der Waals surface area (Å²) in [5.41, 5.74) is 1.53. The van der Waals surface area contributed by atoms with Gasteiger partial charge in [0.15, 0.2) is 5.75 Å². The second-order valence-electron chi connectivity index (χ2n) is 4.13. The van der Waals surface area contributed by atoms with Crippen LogP contribution in [0.1, 0.15) is 17.5 Å². The molecule has 0 aliphatic carbocycles. The molecule has 0 bridgehead atoms. The second kappa shape index (κ2) is 8.42. The van der Waals surface area contributed by atoms with Crippen LogP contribution < -0.4 is 4.72 Å². The van der Waals surface area contributed by atoms with Gasteiger partial charge >= 0.3 is 5.97 Å². The first-order chi connectivity index (χ1) is 9.96. The topological polar surface area (TPSA) is 92.7 Å². The molecule has 0 aromatic heterocycles. The third-order valence-electron chi connectivity index (χ3n) is 2.46. The van der Waals surface area contributed by atoms with Gasteiger partial charge in [-0.15, -0.1) is 0 Å². The van der Waals surface area contributed by atoms with Gasteiger partial charge < -0.3 is 9.84 Å². The fourth-order valence-corrected chi connectivity index (χ4v) is 2.30. The first-order valence-corrected chi connectivity index (χ1v) is 7.85. The molecule has 0 aliphatic rings. The van der Waals surface area contributed by atoms with E-state index >= 15 is 0 Å². The highest BCUT2D eigenvalue weighted by Crippen LogP contribution is 2.04. The van der Waals surface area contributed by atoms with Gasteiger partial charge in [-0.1, -0.05) is 24.0 Å². The molecule has 0 radical (unpaired) electrons. The van der Waals surface area contributed by atoms with E-state index in [1.165, 1.54) is 0 Å². The molecule has 0 unspecified atom stereocenters. The molecule has 0 heterocycles. The Bertz CT molecular complexity index is 626. The lowest BCUT2D eigenvalue weighted by Crippen LogP contribution is -2.30. The molecule has 0 atom stereocenters. The Hall–Kier alpha value is -1.88. The third-order valence-corrected chi connectivity index (χ3v) is 3.66. The number of aliphatic hydroxyl groups excluding tert-OH is 1. The average molecular weight is 311 g/mol. The van der Waals surface area contributed by atoms with Gasteiger partial charge in [-0.25, -0.2) is 13.1 Å². The number of rotatable bonds is 6. The standard InChI is InChI=1S/C14H17NO5S/c1-20-14(17)11-21(18,19)15-10-13-7-5-12(6-8-13)4-2-3-9-16/h5-8,15-16H,3,9-11H2,1H3. The minimum absolute atomic E-state index is 0.0209. The summed E-state index contributed by atoms with van der Waals surface area (Å²) in [7, 11) is -2.57. The van der Waals surface area contributed by atoms with Crippen LogP contribution in [0.15, 0.2) is 24.3 Å². The minimum Gasteiger partial charge on any atom is -0.468 e. The summed E-state index contributed by atoms with van der Waals surface area (Å²) in [6, 6.07) is 7.00. The van der Waals surface area contributed by atoms with Crippen LogP contribution in [-0.4, -0.2) is 39.0 Å². The molecule has 0 amide bonds. The van der Waals surface area contributed by atoms with Gasteiger partial charge in [0, 0.05) is 18.5 Å². The molecule has 1 aromatic carbocycles. The molecule has 0 fully saturated rings. The van der Waals surface area contributed by atoms with Gasteiger partial charge in [0.05, 0.1) is 13.7 Å². The maximum Gasteiger partial charge on any atom is 0.322 e. The fraction of sp³-hybridized carbons (Fsp3) is 0.357. The van der Waals surface area contributed by atoms with E-state index in [4.69, 9.17) is 5.11 Å². The lowest BCUT2D eigenvalue weighted by atomic mass is 10.1. The summed E-state index contributed by atoms with van der Waals surface area (Å²) in [6.07, 6.45) is 0.412. The largest absolute Gasteiger partial charge is 0.468 e. The summed E-state index contributed by atoms with van der Waals surface area (Å²) < 4.78 is 29.7. The Morgan fingerprint density at radius 1 is 1.33 bits per heavy atom. The van der Waals surface area contributed by atoms with E-state index in [2.05, 4.69) is 21.3 Å². The van der Waals surface area contributed by atoms with Crippen molar-refractivity contribution in [2.75, 3.05) is 19.5 Å². The van der Waals surface area contributed by atoms with Crippen LogP contribution in [0.4, 0.5) is 0 Å². The number of hydrogen-bond donors (Lipinski definition) is 2. The maximum absolute atomic E-state index is 11.6. The van der Waals surface area contributed by atoms with Crippen molar-refractivity contribution in [3.63, 3.8) is 0 Å². The Morgan fingerprint density at radius 3 is 2.57 bits per heavy atom. The first kappa shape index (κ1) is 17.2. The number of carbonyl (C=O) groups is 1. The van der Waals surface area contributed by atoms with Gasteiger partial charge in [-0.05, 0) is 17.7 Å². The normalized spacial score (nSPS) is 10.6. The zero-order valence-corrected chi connectivity index (χ0v) is 12.4. The molecule has 2 N–H and O–H groups in total. The van der Waals surface area contributed by atoms with E-state index in [0.29, 0.717) is 6.42 Å². The van der Waals surface area contributed by atoms with Crippen LogP contribution in [0, 0.1) is 11.8 Å². The molecule has 1 aromatic rings. The molecule has 0 spiro atoms. The number of hydrogen-bond acceptors (Lipinski definition) is 5. The molecule has 114 valence electrons. The number of benzene rings is 1.